The van der Waals surface area contributed by atoms with Gasteiger partial charge in [-0.1, -0.05) is 24.1 Å². The van der Waals surface area contributed by atoms with Gasteiger partial charge in [0.1, 0.15) is 12.2 Å². The number of hydrogen-bond acceptors (Lipinski definition) is 6. The number of esters is 3. The highest BCUT2D eigenvalue weighted by Crippen LogP contribution is 2.36. The maximum atomic E-state index is 13.1. The van der Waals surface area contributed by atoms with E-state index in [1.165, 1.54) is 13.2 Å². The first-order valence-corrected chi connectivity index (χ1v) is 12.5. The number of alkyl halides is 1. The number of ether oxygens (including phenoxy) is 3. The van der Waals surface area contributed by atoms with Crippen molar-refractivity contribution in [3.8, 4) is 0 Å². The van der Waals surface area contributed by atoms with Crippen LogP contribution in [0.3, 0.4) is 0 Å². The lowest BCUT2D eigenvalue weighted by molar-refractivity contribution is -0.135. The third-order valence-electron chi connectivity index (χ3n) is 4.47. The molecule has 32 heavy (non-hydrogen) atoms. The average Bonchev–Trinajstić information content (AvgIpc) is 2.71. The van der Waals surface area contributed by atoms with Crippen LogP contribution in [-0.2, 0) is 19.0 Å². The highest BCUT2D eigenvalue weighted by Gasteiger charge is 2.30. The molecule has 2 atom stereocenters. The highest BCUT2D eigenvalue weighted by molar-refractivity contribution is 8.13. The summed E-state index contributed by atoms with van der Waals surface area (Å²) in [6, 6.07) is 4.56. The second-order valence-electron chi connectivity index (χ2n) is 8.31. The minimum atomic E-state index is -0.761. The third-order valence-corrected chi connectivity index (χ3v) is 5.73. The molecule has 0 fully saturated rings. The van der Waals surface area contributed by atoms with Crippen LogP contribution in [0.4, 0.5) is 0 Å². The van der Waals surface area contributed by atoms with Crippen LogP contribution in [0.1, 0.15) is 53.5 Å². The summed E-state index contributed by atoms with van der Waals surface area (Å²) in [7, 11) is 1.17. The van der Waals surface area contributed by atoms with E-state index in [9.17, 15) is 14.4 Å². The standard InChI is InChI=1S/C24H29ClO6S/c1-24(2,3)31-23(28)18-14-15(21(26)30-12-13-32(5)6)10-11-16(18)20-17(22(27)29-4)8-7-9-19(20)25/h7-8,10-11,14,19H,5,9,12-13H2,1-4,6H3. The number of benzene rings is 1. The minimum Gasteiger partial charge on any atom is -0.465 e. The minimum absolute atomic E-state index is 0.105. The van der Waals surface area contributed by atoms with Gasteiger partial charge in [0, 0.05) is 5.75 Å². The first-order valence-electron chi connectivity index (χ1n) is 10.0. The first kappa shape index (κ1) is 25.9. The van der Waals surface area contributed by atoms with E-state index >= 15 is 0 Å². The second-order valence-corrected chi connectivity index (χ2v) is 10.8. The predicted molar refractivity (Wildman–Crippen MR) is 130 cm³/mol. The molecule has 2 rings (SSSR count). The molecule has 1 aromatic rings. The lowest BCUT2D eigenvalue weighted by atomic mass is 9.87. The van der Waals surface area contributed by atoms with Crippen LogP contribution in [0.5, 0.6) is 0 Å². The maximum Gasteiger partial charge on any atom is 0.339 e. The van der Waals surface area contributed by atoms with E-state index in [1.54, 1.807) is 45.1 Å². The van der Waals surface area contributed by atoms with Gasteiger partial charge in [-0.3, -0.25) is 0 Å². The van der Waals surface area contributed by atoms with Crippen molar-refractivity contribution in [2.24, 2.45) is 0 Å². The number of hydrogen-bond donors (Lipinski definition) is 0. The lowest BCUT2D eigenvalue weighted by Crippen LogP contribution is -2.25. The van der Waals surface area contributed by atoms with Crippen LogP contribution in [-0.4, -0.2) is 60.5 Å². The summed E-state index contributed by atoms with van der Waals surface area (Å²) < 4.78 is 15.8. The van der Waals surface area contributed by atoms with Gasteiger partial charge in [-0.25, -0.2) is 14.4 Å². The summed E-state index contributed by atoms with van der Waals surface area (Å²) in [5, 5.41) is -0.562. The Balaban J connectivity index is 2.59. The second kappa shape index (κ2) is 11.0. The van der Waals surface area contributed by atoms with Crippen molar-refractivity contribution in [1.82, 2.24) is 0 Å². The van der Waals surface area contributed by atoms with Gasteiger partial charge in [0.25, 0.3) is 0 Å². The summed E-state index contributed by atoms with van der Waals surface area (Å²) in [4.78, 5) is 38.0. The fourth-order valence-electron chi connectivity index (χ4n) is 3.05. The Morgan fingerprint density at radius 3 is 2.47 bits per heavy atom. The molecule has 0 heterocycles. The van der Waals surface area contributed by atoms with E-state index in [0.29, 0.717) is 23.3 Å². The highest BCUT2D eigenvalue weighted by atomic mass is 35.5. The van der Waals surface area contributed by atoms with Crippen molar-refractivity contribution >= 4 is 51.4 Å². The van der Waals surface area contributed by atoms with Crippen LogP contribution in [0.15, 0.2) is 35.9 Å². The van der Waals surface area contributed by atoms with Crippen molar-refractivity contribution in [3.05, 3.63) is 52.6 Å². The molecule has 1 aromatic carbocycles. The fraction of sp³-hybridized carbons (Fsp3) is 0.417. The van der Waals surface area contributed by atoms with Crippen LogP contribution < -0.4 is 0 Å². The molecule has 0 saturated carbocycles. The Morgan fingerprint density at radius 2 is 1.88 bits per heavy atom. The van der Waals surface area contributed by atoms with Crippen LogP contribution in [0.25, 0.3) is 5.57 Å². The van der Waals surface area contributed by atoms with Crippen LogP contribution in [0.2, 0.25) is 0 Å². The van der Waals surface area contributed by atoms with Gasteiger partial charge < -0.3 is 14.2 Å². The van der Waals surface area contributed by atoms with Gasteiger partial charge in [-0.15, -0.1) is 11.6 Å². The topological polar surface area (TPSA) is 78.9 Å². The summed E-state index contributed by atoms with van der Waals surface area (Å²) in [5.74, 6) is 2.79. The summed E-state index contributed by atoms with van der Waals surface area (Å²) in [6.07, 6.45) is 5.83. The molecule has 0 aromatic heterocycles. The Bertz CT molecular complexity index is 987. The number of halogens is 1. The fourth-order valence-corrected chi connectivity index (χ4v) is 3.76. The van der Waals surface area contributed by atoms with Gasteiger partial charge in [0.15, 0.2) is 0 Å². The smallest absolute Gasteiger partial charge is 0.339 e. The molecule has 6 nitrogen and oxygen atoms in total. The third kappa shape index (κ3) is 6.81. The SMILES string of the molecule is C=S(C)CCOC(=O)c1ccc(C2=C(C(=O)OC)C=CCC2Cl)c(C(=O)OC(C)(C)C)c1. The molecule has 0 N–H and O–H groups in total. The average molecular weight is 481 g/mol. The van der Waals surface area contributed by atoms with E-state index < -0.39 is 28.9 Å². The molecule has 0 saturated heterocycles. The predicted octanol–water partition coefficient (Wildman–Crippen LogP) is 4.62. The quantitative estimate of drug-likeness (QED) is 0.245. The maximum absolute atomic E-state index is 13.1. The van der Waals surface area contributed by atoms with Crippen molar-refractivity contribution in [1.29, 1.82) is 0 Å². The molecule has 0 amide bonds. The number of carbonyl (C=O) groups excluding carboxylic acids is 3. The molecular weight excluding hydrogens is 452 g/mol. The molecule has 0 aliphatic heterocycles. The first-order chi connectivity index (χ1) is 14.9. The van der Waals surface area contributed by atoms with Gasteiger partial charge >= 0.3 is 17.9 Å². The summed E-state index contributed by atoms with van der Waals surface area (Å²) >= 11 is 6.56. The molecular formula is C24H29ClO6S. The largest absolute Gasteiger partial charge is 0.465 e. The molecule has 0 bridgehead atoms. The van der Waals surface area contributed by atoms with Crippen LogP contribution in [0, 0.1) is 0 Å². The van der Waals surface area contributed by atoms with Gasteiger partial charge in [0.05, 0.1) is 29.2 Å². The van der Waals surface area contributed by atoms with Gasteiger partial charge in [-0.05, 0) is 56.7 Å². The molecule has 8 heteroatoms. The van der Waals surface area contributed by atoms with Gasteiger partial charge in [-0.2, -0.15) is 10.5 Å². The molecule has 0 spiro atoms. The lowest BCUT2D eigenvalue weighted by Gasteiger charge is -2.24. The number of methoxy groups -OCH3 is 1. The van der Waals surface area contributed by atoms with Crippen molar-refractivity contribution < 1.29 is 28.6 Å². The normalized spacial score (nSPS) is 17.0. The monoisotopic (exact) mass is 480 g/mol. The van der Waals surface area contributed by atoms with Crippen molar-refractivity contribution in [2.75, 3.05) is 25.7 Å². The van der Waals surface area contributed by atoms with Gasteiger partial charge in [0.2, 0.25) is 0 Å². The zero-order valence-corrected chi connectivity index (χ0v) is 20.6. The van der Waals surface area contributed by atoms with E-state index in [1.807, 2.05) is 6.26 Å². The summed E-state index contributed by atoms with van der Waals surface area (Å²) in [5.41, 5.74) is 0.681. The number of allylic oxidation sites excluding steroid dienone is 2. The molecule has 0 radical (unpaired) electrons. The van der Waals surface area contributed by atoms with E-state index in [-0.39, 0.29) is 33.8 Å². The van der Waals surface area contributed by atoms with E-state index in [0.717, 1.165) is 0 Å². The summed E-state index contributed by atoms with van der Waals surface area (Å²) in [6.45, 7) is 5.47. The number of rotatable bonds is 7. The van der Waals surface area contributed by atoms with Crippen molar-refractivity contribution in [3.63, 3.8) is 0 Å². The number of carbonyl (C=O) groups is 3. The van der Waals surface area contributed by atoms with Crippen molar-refractivity contribution in [2.45, 2.75) is 38.2 Å². The van der Waals surface area contributed by atoms with E-state index in [2.05, 4.69) is 5.87 Å². The van der Waals surface area contributed by atoms with E-state index in [4.69, 9.17) is 25.8 Å². The van der Waals surface area contributed by atoms with Crippen LogP contribution >= 0.6 is 22.1 Å². The Labute approximate surface area is 196 Å². The molecule has 1 aliphatic carbocycles. The Hall–Kier alpha value is -2.38. The molecule has 2 unspecified atom stereocenters. The Kier molecular flexibility index (Phi) is 8.87. The molecule has 1 aliphatic rings. The Morgan fingerprint density at radius 1 is 1.19 bits per heavy atom. The zero-order valence-electron chi connectivity index (χ0n) is 19.0. The zero-order chi connectivity index (χ0) is 24.1. The molecule has 174 valence electrons.